The summed E-state index contributed by atoms with van der Waals surface area (Å²) in [7, 11) is 1.77. The van der Waals surface area contributed by atoms with Crippen molar-refractivity contribution in [3.05, 3.63) is 21.7 Å². The third-order valence-corrected chi connectivity index (χ3v) is 3.62. The number of nitrogens with zero attached hydrogens (tertiary/aromatic N) is 2. The van der Waals surface area contributed by atoms with Gasteiger partial charge in [0, 0.05) is 18.8 Å². The average Bonchev–Trinajstić information content (AvgIpc) is 2.30. The van der Waals surface area contributed by atoms with Gasteiger partial charge < -0.3 is 9.88 Å². The highest BCUT2D eigenvalue weighted by molar-refractivity contribution is 5.35. The van der Waals surface area contributed by atoms with Gasteiger partial charge in [0.05, 0.1) is 5.69 Å². The summed E-state index contributed by atoms with van der Waals surface area (Å²) >= 11 is 0. The lowest BCUT2D eigenvalue weighted by Gasteiger charge is -2.22. The van der Waals surface area contributed by atoms with Crippen LogP contribution in [-0.4, -0.2) is 16.6 Å². The van der Waals surface area contributed by atoms with Crippen molar-refractivity contribution >= 4 is 5.82 Å². The van der Waals surface area contributed by atoms with Gasteiger partial charge in [-0.05, 0) is 39.5 Å². The Balaban J connectivity index is 2.60. The normalized spacial score (nSPS) is 16.0. The molecule has 1 aromatic rings. The fraction of sp³-hybridized carbons (Fsp3) is 0.714. The lowest BCUT2D eigenvalue weighted by atomic mass is 10.00. The summed E-state index contributed by atoms with van der Waals surface area (Å²) in [6.07, 6.45) is 6.87. The van der Waals surface area contributed by atoms with Crippen LogP contribution in [0, 0.1) is 0 Å². The average molecular weight is 249 g/mol. The fourth-order valence-electron chi connectivity index (χ4n) is 2.74. The Morgan fingerprint density at radius 1 is 1.17 bits per heavy atom. The van der Waals surface area contributed by atoms with Crippen LogP contribution < -0.4 is 10.9 Å². The summed E-state index contributed by atoms with van der Waals surface area (Å²) in [6, 6.07) is 0.195. The van der Waals surface area contributed by atoms with Gasteiger partial charge in [0.2, 0.25) is 0 Å². The predicted octanol–water partition coefficient (Wildman–Crippen LogP) is 2.52. The van der Waals surface area contributed by atoms with Crippen molar-refractivity contribution in [2.24, 2.45) is 0 Å². The van der Waals surface area contributed by atoms with E-state index in [1.807, 2.05) is 4.57 Å². The van der Waals surface area contributed by atoms with E-state index in [4.69, 9.17) is 0 Å². The first-order chi connectivity index (χ1) is 8.65. The molecule has 1 N–H and O–H groups in total. The van der Waals surface area contributed by atoms with E-state index in [1.54, 1.807) is 7.05 Å². The van der Waals surface area contributed by atoms with E-state index >= 15 is 0 Å². The molecule has 0 saturated carbocycles. The predicted molar refractivity (Wildman–Crippen MR) is 74.3 cm³/mol. The van der Waals surface area contributed by atoms with Crippen LogP contribution in [0.3, 0.4) is 0 Å². The molecule has 0 aromatic carbocycles. The van der Waals surface area contributed by atoms with Gasteiger partial charge in [-0.1, -0.05) is 12.8 Å². The zero-order valence-electron chi connectivity index (χ0n) is 11.6. The second-order valence-electron chi connectivity index (χ2n) is 5.29. The molecule has 0 aliphatic heterocycles. The SMILES string of the molecule is CNc1nc2c(n(C(C)C)c1=O)CCCCCC2. The minimum absolute atomic E-state index is 0.0202. The first kappa shape index (κ1) is 13.1. The summed E-state index contributed by atoms with van der Waals surface area (Å²) in [5, 5.41) is 2.93. The molecule has 0 amide bonds. The van der Waals surface area contributed by atoms with Crippen LogP contribution in [0.5, 0.6) is 0 Å². The van der Waals surface area contributed by atoms with Crippen molar-refractivity contribution in [2.45, 2.75) is 58.4 Å². The smallest absolute Gasteiger partial charge is 0.293 e. The zero-order valence-corrected chi connectivity index (χ0v) is 11.6. The Hall–Kier alpha value is -1.32. The Kier molecular flexibility index (Phi) is 4.04. The number of aryl methyl sites for hydroxylation is 1. The van der Waals surface area contributed by atoms with E-state index in [0.29, 0.717) is 5.82 Å². The Bertz CT molecular complexity index is 477. The van der Waals surface area contributed by atoms with Gasteiger partial charge in [-0.2, -0.15) is 0 Å². The Labute approximate surface area is 108 Å². The first-order valence-corrected chi connectivity index (χ1v) is 6.97. The number of anilines is 1. The molecule has 1 aliphatic carbocycles. The maximum absolute atomic E-state index is 12.3. The van der Waals surface area contributed by atoms with E-state index in [0.717, 1.165) is 24.2 Å². The maximum atomic E-state index is 12.3. The molecular formula is C14H23N3O. The molecule has 1 heterocycles. The van der Waals surface area contributed by atoms with Crippen LogP contribution in [0.25, 0.3) is 0 Å². The molecule has 0 spiro atoms. The monoisotopic (exact) mass is 249 g/mol. The molecule has 0 unspecified atom stereocenters. The summed E-state index contributed by atoms with van der Waals surface area (Å²) < 4.78 is 1.93. The van der Waals surface area contributed by atoms with Crippen molar-refractivity contribution in [3.63, 3.8) is 0 Å². The first-order valence-electron chi connectivity index (χ1n) is 6.97. The molecule has 4 heteroatoms. The number of fused-ring (bicyclic) bond motifs is 1. The number of nitrogens with one attached hydrogen (secondary N) is 1. The fourth-order valence-corrected chi connectivity index (χ4v) is 2.74. The summed E-state index contributed by atoms with van der Waals surface area (Å²) in [5.74, 6) is 0.489. The van der Waals surface area contributed by atoms with Gasteiger partial charge in [0.25, 0.3) is 5.56 Å². The number of hydrogen-bond acceptors (Lipinski definition) is 3. The highest BCUT2D eigenvalue weighted by Gasteiger charge is 2.18. The second-order valence-corrected chi connectivity index (χ2v) is 5.29. The number of aromatic nitrogens is 2. The van der Waals surface area contributed by atoms with E-state index < -0.39 is 0 Å². The number of rotatable bonds is 2. The third-order valence-electron chi connectivity index (χ3n) is 3.62. The summed E-state index contributed by atoms with van der Waals surface area (Å²) in [4.78, 5) is 16.9. The molecule has 18 heavy (non-hydrogen) atoms. The summed E-state index contributed by atoms with van der Waals surface area (Å²) in [6.45, 7) is 4.14. The van der Waals surface area contributed by atoms with Crippen molar-refractivity contribution in [2.75, 3.05) is 12.4 Å². The van der Waals surface area contributed by atoms with Crippen molar-refractivity contribution < 1.29 is 0 Å². The lowest BCUT2D eigenvalue weighted by molar-refractivity contribution is 0.509. The largest absolute Gasteiger partial charge is 0.369 e. The van der Waals surface area contributed by atoms with Gasteiger partial charge in [-0.3, -0.25) is 4.79 Å². The molecular weight excluding hydrogens is 226 g/mol. The molecule has 2 rings (SSSR count). The van der Waals surface area contributed by atoms with Crippen LogP contribution in [0.1, 0.15) is 57.0 Å². The van der Waals surface area contributed by atoms with Gasteiger partial charge in [-0.15, -0.1) is 0 Å². The third kappa shape index (κ3) is 2.42. The second kappa shape index (κ2) is 5.55. The molecule has 0 atom stereocenters. The maximum Gasteiger partial charge on any atom is 0.293 e. The molecule has 0 fully saturated rings. The van der Waals surface area contributed by atoms with Crippen molar-refractivity contribution in [3.8, 4) is 0 Å². The summed E-state index contributed by atoms with van der Waals surface area (Å²) in [5.41, 5.74) is 2.30. The van der Waals surface area contributed by atoms with Gasteiger partial charge in [0.1, 0.15) is 0 Å². The van der Waals surface area contributed by atoms with E-state index in [1.165, 1.54) is 25.7 Å². The van der Waals surface area contributed by atoms with Crippen LogP contribution in [0.2, 0.25) is 0 Å². The van der Waals surface area contributed by atoms with Crippen molar-refractivity contribution in [1.29, 1.82) is 0 Å². The molecule has 0 radical (unpaired) electrons. The number of hydrogen-bond donors (Lipinski definition) is 1. The van der Waals surface area contributed by atoms with Gasteiger partial charge in [-0.25, -0.2) is 4.98 Å². The van der Waals surface area contributed by atoms with Crippen LogP contribution >= 0.6 is 0 Å². The van der Waals surface area contributed by atoms with E-state index in [-0.39, 0.29) is 11.6 Å². The lowest BCUT2D eigenvalue weighted by Crippen LogP contribution is -2.30. The van der Waals surface area contributed by atoms with Gasteiger partial charge >= 0.3 is 0 Å². The molecule has 1 aliphatic rings. The van der Waals surface area contributed by atoms with Crippen LogP contribution in [-0.2, 0) is 12.8 Å². The van der Waals surface area contributed by atoms with E-state index in [9.17, 15) is 4.79 Å². The minimum Gasteiger partial charge on any atom is -0.369 e. The minimum atomic E-state index is 0.0202. The standard InChI is InChI=1S/C14H23N3O/c1-10(2)17-12-9-7-5-4-6-8-11(12)16-13(15-3)14(17)18/h10H,4-9H2,1-3H3,(H,15,16). The zero-order chi connectivity index (χ0) is 13.1. The molecule has 1 aromatic heterocycles. The Morgan fingerprint density at radius 2 is 1.83 bits per heavy atom. The van der Waals surface area contributed by atoms with Crippen molar-refractivity contribution in [1.82, 2.24) is 9.55 Å². The van der Waals surface area contributed by atoms with Crippen LogP contribution in [0.15, 0.2) is 4.79 Å². The van der Waals surface area contributed by atoms with E-state index in [2.05, 4.69) is 24.1 Å². The highest BCUT2D eigenvalue weighted by atomic mass is 16.1. The quantitative estimate of drug-likeness (QED) is 0.876. The van der Waals surface area contributed by atoms with Gasteiger partial charge in [0.15, 0.2) is 5.82 Å². The van der Waals surface area contributed by atoms with Crippen LogP contribution in [0.4, 0.5) is 5.82 Å². The Morgan fingerprint density at radius 3 is 2.44 bits per heavy atom. The molecule has 0 bridgehead atoms. The topological polar surface area (TPSA) is 46.9 Å². The highest BCUT2D eigenvalue weighted by Crippen LogP contribution is 2.21. The molecule has 0 saturated heterocycles. The molecule has 4 nitrogen and oxygen atoms in total. The molecule has 100 valence electrons.